The lowest BCUT2D eigenvalue weighted by molar-refractivity contribution is 0.0796. The van der Waals surface area contributed by atoms with Crippen LogP contribution in [0.2, 0.25) is 0 Å². The first-order valence-corrected chi connectivity index (χ1v) is 7.69. The number of ether oxygens (including phenoxy) is 3. The second-order valence-electron chi connectivity index (χ2n) is 5.39. The fourth-order valence-electron chi connectivity index (χ4n) is 2.39. The van der Waals surface area contributed by atoms with Gasteiger partial charge in [-0.25, -0.2) is 0 Å². The van der Waals surface area contributed by atoms with Gasteiger partial charge < -0.3 is 19.1 Å². The number of rotatable bonds is 7. The Labute approximate surface area is 142 Å². The molecule has 24 heavy (non-hydrogen) atoms. The zero-order valence-corrected chi connectivity index (χ0v) is 14.5. The second-order valence-corrected chi connectivity index (χ2v) is 5.39. The van der Waals surface area contributed by atoms with E-state index in [1.807, 2.05) is 18.2 Å². The van der Waals surface area contributed by atoms with Gasteiger partial charge in [0, 0.05) is 19.2 Å². The van der Waals surface area contributed by atoms with Crippen LogP contribution in [0.1, 0.15) is 15.9 Å². The van der Waals surface area contributed by atoms with Crippen molar-refractivity contribution in [2.75, 3.05) is 34.9 Å². The van der Waals surface area contributed by atoms with Crippen molar-refractivity contribution in [1.82, 2.24) is 4.90 Å². The monoisotopic (exact) mass is 329 g/mol. The minimum absolute atomic E-state index is 0.0156. The summed E-state index contributed by atoms with van der Waals surface area (Å²) < 4.78 is 15.6. The molecule has 0 N–H and O–H groups in total. The Morgan fingerprint density at radius 1 is 0.917 bits per heavy atom. The molecule has 2 aromatic carbocycles. The number of carbonyl (C=O) groups excluding carboxylic acids is 1. The summed E-state index contributed by atoms with van der Waals surface area (Å²) in [4.78, 5) is 14.1. The summed E-state index contributed by atoms with van der Waals surface area (Å²) >= 11 is 0. The van der Waals surface area contributed by atoms with Gasteiger partial charge in [-0.15, -0.1) is 0 Å². The van der Waals surface area contributed by atoms with E-state index in [2.05, 4.69) is 0 Å². The Bertz CT molecular complexity index is 682. The van der Waals surface area contributed by atoms with E-state index in [1.54, 1.807) is 57.5 Å². The molecule has 0 saturated heterocycles. The van der Waals surface area contributed by atoms with Gasteiger partial charge in [0.25, 0.3) is 5.91 Å². The number of benzene rings is 2. The minimum Gasteiger partial charge on any atom is -0.497 e. The molecule has 0 heterocycles. The molecular weight excluding hydrogens is 306 g/mol. The molecule has 5 heteroatoms. The average Bonchev–Trinajstić information content (AvgIpc) is 2.65. The Hall–Kier alpha value is -2.69. The first-order valence-electron chi connectivity index (χ1n) is 7.69. The van der Waals surface area contributed by atoms with Crippen molar-refractivity contribution >= 4 is 5.91 Å². The zero-order valence-electron chi connectivity index (χ0n) is 14.5. The van der Waals surface area contributed by atoms with E-state index in [0.717, 1.165) is 17.7 Å². The lowest BCUT2D eigenvalue weighted by Gasteiger charge is -2.18. The normalized spacial score (nSPS) is 10.2. The maximum absolute atomic E-state index is 12.4. The lowest BCUT2D eigenvalue weighted by atomic mass is 10.1. The molecule has 0 aromatic heterocycles. The molecular formula is C19H23NO4. The van der Waals surface area contributed by atoms with Crippen molar-refractivity contribution in [3.05, 3.63) is 53.6 Å². The first-order chi connectivity index (χ1) is 11.6. The molecule has 0 saturated carbocycles. The van der Waals surface area contributed by atoms with Gasteiger partial charge in [0.15, 0.2) is 11.5 Å². The predicted molar refractivity (Wildman–Crippen MR) is 93.2 cm³/mol. The van der Waals surface area contributed by atoms with Crippen molar-refractivity contribution in [3.8, 4) is 17.2 Å². The fourth-order valence-corrected chi connectivity index (χ4v) is 2.39. The molecule has 0 atom stereocenters. The van der Waals surface area contributed by atoms with Gasteiger partial charge in [-0.3, -0.25) is 4.79 Å². The highest BCUT2D eigenvalue weighted by molar-refractivity contribution is 5.94. The van der Waals surface area contributed by atoms with E-state index >= 15 is 0 Å². The molecule has 0 radical (unpaired) electrons. The molecule has 0 aliphatic rings. The number of nitrogens with zero attached hydrogens (tertiary/aromatic N) is 1. The lowest BCUT2D eigenvalue weighted by Crippen LogP contribution is -2.28. The molecule has 128 valence electrons. The Balaban J connectivity index is 1.99. The van der Waals surface area contributed by atoms with E-state index in [-0.39, 0.29) is 5.91 Å². The van der Waals surface area contributed by atoms with E-state index in [4.69, 9.17) is 14.2 Å². The van der Waals surface area contributed by atoms with Crippen molar-refractivity contribution in [2.45, 2.75) is 6.42 Å². The average molecular weight is 329 g/mol. The summed E-state index contributed by atoms with van der Waals surface area (Å²) in [7, 11) is 6.62. The summed E-state index contributed by atoms with van der Waals surface area (Å²) in [5, 5.41) is 0. The largest absolute Gasteiger partial charge is 0.497 e. The second kappa shape index (κ2) is 8.24. The van der Waals surface area contributed by atoms with Gasteiger partial charge in [0.1, 0.15) is 5.75 Å². The van der Waals surface area contributed by atoms with Gasteiger partial charge in [-0.05, 0) is 48.4 Å². The molecule has 2 aromatic rings. The number of hydrogen-bond acceptors (Lipinski definition) is 4. The van der Waals surface area contributed by atoms with Gasteiger partial charge in [0.2, 0.25) is 0 Å². The van der Waals surface area contributed by atoms with Gasteiger partial charge in [-0.2, -0.15) is 0 Å². The van der Waals surface area contributed by atoms with Crippen molar-refractivity contribution in [2.24, 2.45) is 0 Å². The maximum atomic E-state index is 12.4. The van der Waals surface area contributed by atoms with Crippen LogP contribution in [0.3, 0.4) is 0 Å². The van der Waals surface area contributed by atoms with E-state index < -0.39 is 0 Å². The van der Waals surface area contributed by atoms with Crippen LogP contribution in [0.15, 0.2) is 42.5 Å². The quantitative estimate of drug-likeness (QED) is 0.783. The van der Waals surface area contributed by atoms with E-state index in [9.17, 15) is 4.79 Å². The van der Waals surface area contributed by atoms with Crippen molar-refractivity contribution in [1.29, 1.82) is 0 Å². The van der Waals surface area contributed by atoms with Crippen LogP contribution in [0.5, 0.6) is 17.2 Å². The summed E-state index contributed by atoms with van der Waals surface area (Å²) in [6.45, 7) is 0.611. The van der Waals surface area contributed by atoms with Crippen LogP contribution < -0.4 is 14.2 Å². The standard InChI is InChI=1S/C19H23NO4/c1-20(19(21)15-6-8-16(22-2)9-7-15)12-11-14-5-10-17(23-3)18(13-14)24-4/h5-10,13H,11-12H2,1-4H3. The topological polar surface area (TPSA) is 48.0 Å². The van der Waals surface area contributed by atoms with Crippen molar-refractivity contribution in [3.63, 3.8) is 0 Å². The third kappa shape index (κ3) is 4.19. The highest BCUT2D eigenvalue weighted by Gasteiger charge is 2.12. The van der Waals surface area contributed by atoms with Crippen LogP contribution in [-0.2, 0) is 6.42 Å². The molecule has 0 aliphatic carbocycles. The van der Waals surface area contributed by atoms with E-state index in [1.165, 1.54) is 0 Å². The van der Waals surface area contributed by atoms with Gasteiger partial charge in [0.05, 0.1) is 21.3 Å². The maximum Gasteiger partial charge on any atom is 0.253 e. The summed E-state index contributed by atoms with van der Waals surface area (Å²) in [5.74, 6) is 2.11. The van der Waals surface area contributed by atoms with Crippen LogP contribution in [0.25, 0.3) is 0 Å². The summed E-state index contributed by atoms with van der Waals surface area (Å²) in [6, 6.07) is 12.9. The number of likely N-dealkylation sites (N-methyl/N-ethyl adjacent to an activating group) is 1. The van der Waals surface area contributed by atoms with Crippen molar-refractivity contribution < 1.29 is 19.0 Å². The molecule has 1 amide bonds. The van der Waals surface area contributed by atoms with Crippen LogP contribution in [0.4, 0.5) is 0 Å². The summed E-state index contributed by atoms with van der Waals surface area (Å²) in [6.07, 6.45) is 0.735. The van der Waals surface area contributed by atoms with Gasteiger partial charge in [-0.1, -0.05) is 6.07 Å². The summed E-state index contributed by atoms with van der Waals surface area (Å²) in [5.41, 5.74) is 1.73. The number of amides is 1. The third-order valence-electron chi connectivity index (χ3n) is 3.87. The fraction of sp³-hybridized carbons (Fsp3) is 0.316. The Morgan fingerprint density at radius 2 is 1.58 bits per heavy atom. The molecule has 0 spiro atoms. The highest BCUT2D eigenvalue weighted by atomic mass is 16.5. The molecule has 0 unspecified atom stereocenters. The zero-order chi connectivity index (χ0) is 17.5. The highest BCUT2D eigenvalue weighted by Crippen LogP contribution is 2.27. The SMILES string of the molecule is COc1ccc(C(=O)N(C)CCc2ccc(OC)c(OC)c2)cc1. The molecule has 2 rings (SSSR count). The number of carbonyl (C=O) groups is 1. The molecule has 0 bridgehead atoms. The van der Waals surface area contributed by atoms with Crippen LogP contribution >= 0.6 is 0 Å². The minimum atomic E-state index is -0.0156. The van der Waals surface area contributed by atoms with Gasteiger partial charge >= 0.3 is 0 Å². The predicted octanol–water partition coefficient (Wildman–Crippen LogP) is 3.03. The smallest absolute Gasteiger partial charge is 0.253 e. The molecule has 0 fully saturated rings. The van der Waals surface area contributed by atoms with Crippen LogP contribution in [0, 0.1) is 0 Å². The number of hydrogen-bond donors (Lipinski definition) is 0. The molecule has 0 aliphatic heterocycles. The Morgan fingerprint density at radius 3 is 2.17 bits per heavy atom. The third-order valence-corrected chi connectivity index (χ3v) is 3.87. The number of methoxy groups -OCH3 is 3. The first kappa shape index (κ1) is 17.7. The Kier molecular flexibility index (Phi) is 6.07. The van der Waals surface area contributed by atoms with Crippen LogP contribution in [-0.4, -0.2) is 45.7 Å². The molecule has 5 nitrogen and oxygen atoms in total. The van der Waals surface area contributed by atoms with E-state index in [0.29, 0.717) is 23.6 Å².